The maximum Gasteiger partial charge on any atom is 0.421 e. The van der Waals surface area contributed by atoms with Crippen molar-refractivity contribution in [2.45, 2.75) is 44.9 Å². The van der Waals surface area contributed by atoms with Gasteiger partial charge >= 0.3 is 12.2 Å². The number of rotatable bonds is 6. The van der Waals surface area contributed by atoms with Crippen LogP contribution in [-0.2, 0) is 10.3 Å². The molecule has 3 aromatic rings. The lowest BCUT2D eigenvalue weighted by Crippen LogP contribution is -2.52. The molecule has 36 heavy (non-hydrogen) atoms. The Hall–Kier alpha value is -3.66. The molecular weight excluding hydrogens is 478 g/mol. The van der Waals surface area contributed by atoms with Crippen LogP contribution in [0.5, 0.6) is 11.6 Å². The van der Waals surface area contributed by atoms with Crippen molar-refractivity contribution in [1.29, 1.82) is 0 Å². The molecule has 2 amide bonds. The Balaban J connectivity index is 1.59. The highest BCUT2D eigenvalue weighted by Crippen LogP contribution is 2.53. The number of halogens is 4. The zero-order valence-corrected chi connectivity index (χ0v) is 19.9. The molecule has 0 aliphatic carbocycles. The number of urea groups is 1. The molecule has 2 aromatic carbocycles. The van der Waals surface area contributed by atoms with Gasteiger partial charge in [0.25, 0.3) is 0 Å². The Morgan fingerprint density at radius 3 is 2.36 bits per heavy atom. The summed E-state index contributed by atoms with van der Waals surface area (Å²) in [5.41, 5.74) is -1.31. The van der Waals surface area contributed by atoms with Gasteiger partial charge < -0.3 is 20.1 Å². The number of benzene rings is 2. The molecule has 4 rings (SSSR count). The number of anilines is 2. The summed E-state index contributed by atoms with van der Waals surface area (Å²) in [7, 11) is 0. The number of hydrogen-bond acceptors (Lipinski definition) is 4. The van der Waals surface area contributed by atoms with Gasteiger partial charge in [0.2, 0.25) is 5.88 Å². The fraction of sp³-hybridized carbons (Fsp3) is 0.308. The second-order valence-electron chi connectivity index (χ2n) is 8.80. The highest BCUT2D eigenvalue weighted by molar-refractivity contribution is 6.00. The largest absolute Gasteiger partial charge is 0.437 e. The minimum atomic E-state index is -4.65. The van der Waals surface area contributed by atoms with Gasteiger partial charge in [-0.2, -0.15) is 13.2 Å². The number of ether oxygens (including phenoxy) is 2. The highest BCUT2D eigenvalue weighted by atomic mass is 19.4. The summed E-state index contributed by atoms with van der Waals surface area (Å²) < 4.78 is 66.9. The number of aryl methyl sites for hydroxylation is 1. The van der Waals surface area contributed by atoms with Crippen LogP contribution in [0.4, 0.5) is 33.7 Å². The van der Waals surface area contributed by atoms with Crippen LogP contribution in [0.1, 0.15) is 43.0 Å². The van der Waals surface area contributed by atoms with Crippen LogP contribution in [0.2, 0.25) is 0 Å². The van der Waals surface area contributed by atoms with Crippen molar-refractivity contribution in [2.75, 3.05) is 17.2 Å². The van der Waals surface area contributed by atoms with Crippen molar-refractivity contribution < 1.29 is 31.8 Å². The first-order chi connectivity index (χ1) is 17.0. The summed E-state index contributed by atoms with van der Waals surface area (Å²) in [6.45, 7) is 5.48. The second kappa shape index (κ2) is 9.77. The van der Waals surface area contributed by atoms with Gasteiger partial charge in [-0.05, 0) is 48.7 Å². The number of carbonyl (C=O) groups excluding carboxylic acids is 1. The molecule has 1 aliphatic heterocycles. The molecule has 1 atom stereocenters. The number of para-hydroxylation sites is 1. The fourth-order valence-corrected chi connectivity index (χ4v) is 3.86. The van der Waals surface area contributed by atoms with E-state index in [1.54, 1.807) is 19.1 Å². The van der Waals surface area contributed by atoms with Crippen molar-refractivity contribution >= 4 is 17.4 Å². The van der Waals surface area contributed by atoms with E-state index in [2.05, 4.69) is 15.6 Å². The van der Waals surface area contributed by atoms with Crippen LogP contribution in [0.3, 0.4) is 0 Å². The number of amides is 2. The first-order valence-electron chi connectivity index (χ1n) is 11.3. The number of carbonyl (C=O) groups is 1. The van der Waals surface area contributed by atoms with Gasteiger partial charge in [0.15, 0.2) is 5.60 Å². The molecule has 6 nitrogen and oxygen atoms in total. The predicted molar refractivity (Wildman–Crippen MR) is 127 cm³/mol. The Bertz CT molecular complexity index is 1270. The maximum absolute atomic E-state index is 14.4. The molecule has 1 aromatic heterocycles. The first-order valence-corrected chi connectivity index (χ1v) is 11.3. The van der Waals surface area contributed by atoms with Gasteiger partial charge in [-0.15, -0.1) is 0 Å². The zero-order chi connectivity index (χ0) is 26.1. The van der Waals surface area contributed by atoms with Gasteiger partial charge in [0, 0.05) is 17.7 Å². The number of aromatic nitrogens is 1. The summed E-state index contributed by atoms with van der Waals surface area (Å²) in [6.07, 6.45) is -4.90. The molecule has 1 unspecified atom stereocenters. The lowest BCUT2D eigenvalue weighted by atomic mass is 9.85. The molecule has 1 aliphatic rings. The predicted octanol–water partition coefficient (Wildman–Crippen LogP) is 7.27. The van der Waals surface area contributed by atoms with E-state index in [1.807, 2.05) is 13.8 Å². The molecule has 0 spiro atoms. The van der Waals surface area contributed by atoms with E-state index in [1.165, 1.54) is 42.5 Å². The van der Waals surface area contributed by atoms with Crippen LogP contribution in [0, 0.1) is 12.7 Å². The summed E-state index contributed by atoms with van der Waals surface area (Å²) >= 11 is 0. The molecule has 190 valence electrons. The van der Waals surface area contributed by atoms with E-state index < -0.39 is 23.6 Å². The SMILES string of the molecule is Cc1ccc(NC(=O)Nc2ccc(C(C)C)cc2F)c(Oc2ccccc2C2(C(F)(F)F)CCO2)n1. The number of alkyl halides is 3. The standard InChI is InChI=1S/C26H25F4N3O3/c1-15(2)17-9-11-20(19(27)14-17)32-24(34)33-21-10-8-16(3)31-23(21)36-22-7-5-4-6-18(22)25(12-13-35-25)26(28,29)30/h4-11,14-15H,12-13H2,1-3H3,(H2,32,33,34). The number of nitrogens with zero attached hydrogens (tertiary/aromatic N) is 1. The van der Waals surface area contributed by atoms with Crippen molar-refractivity contribution in [3.05, 3.63) is 77.2 Å². The van der Waals surface area contributed by atoms with Gasteiger partial charge in [-0.25, -0.2) is 14.2 Å². The van der Waals surface area contributed by atoms with Crippen molar-refractivity contribution in [3.8, 4) is 11.6 Å². The topological polar surface area (TPSA) is 72.5 Å². The van der Waals surface area contributed by atoms with E-state index >= 15 is 0 Å². The molecule has 0 radical (unpaired) electrons. The Morgan fingerprint density at radius 1 is 1.08 bits per heavy atom. The van der Waals surface area contributed by atoms with E-state index in [4.69, 9.17) is 9.47 Å². The highest BCUT2D eigenvalue weighted by Gasteiger charge is 2.62. The molecular formula is C26H25F4N3O3. The van der Waals surface area contributed by atoms with Gasteiger partial charge in [-0.3, -0.25) is 0 Å². The van der Waals surface area contributed by atoms with Crippen molar-refractivity contribution in [1.82, 2.24) is 4.98 Å². The van der Waals surface area contributed by atoms with Gasteiger partial charge in [0.05, 0.1) is 12.3 Å². The normalized spacial score (nSPS) is 17.4. The Morgan fingerprint density at radius 2 is 1.75 bits per heavy atom. The third-order valence-electron chi connectivity index (χ3n) is 5.94. The van der Waals surface area contributed by atoms with Crippen LogP contribution in [0.25, 0.3) is 0 Å². The molecule has 0 saturated carbocycles. The summed E-state index contributed by atoms with van der Waals surface area (Å²) in [5, 5.41) is 4.96. The van der Waals surface area contributed by atoms with Crippen LogP contribution in [-0.4, -0.2) is 23.8 Å². The average Bonchev–Trinajstić information content (AvgIpc) is 2.76. The van der Waals surface area contributed by atoms with E-state index in [0.717, 1.165) is 5.56 Å². The number of pyridine rings is 1. The number of hydrogen-bond donors (Lipinski definition) is 2. The Labute approximate surface area is 205 Å². The Kier molecular flexibility index (Phi) is 6.90. The fourth-order valence-electron chi connectivity index (χ4n) is 3.86. The van der Waals surface area contributed by atoms with Crippen LogP contribution >= 0.6 is 0 Å². The summed E-state index contributed by atoms with van der Waals surface area (Å²) in [5.74, 6) is -0.705. The van der Waals surface area contributed by atoms with Gasteiger partial charge in [0.1, 0.15) is 17.3 Å². The quantitative estimate of drug-likeness (QED) is 0.347. The molecule has 1 saturated heterocycles. The monoisotopic (exact) mass is 503 g/mol. The molecule has 10 heteroatoms. The van der Waals surface area contributed by atoms with E-state index in [0.29, 0.717) is 5.69 Å². The van der Waals surface area contributed by atoms with Crippen molar-refractivity contribution in [3.63, 3.8) is 0 Å². The molecule has 2 heterocycles. The zero-order valence-electron chi connectivity index (χ0n) is 19.9. The summed E-state index contributed by atoms with van der Waals surface area (Å²) in [6, 6.07) is 12.5. The third kappa shape index (κ3) is 4.99. The van der Waals surface area contributed by atoms with Crippen LogP contribution in [0.15, 0.2) is 54.6 Å². The number of nitrogens with one attached hydrogen (secondary N) is 2. The third-order valence-corrected chi connectivity index (χ3v) is 5.94. The minimum absolute atomic E-state index is 0.0287. The van der Waals surface area contributed by atoms with Gasteiger partial charge in [-0.1, -0.05) is 38.1 Å². The second-order valence-corrected chi connectivity index (χ2v) is 8.80. The smallest absolute Gasteiger partial charge is 0.421 e. The average molecular weight is 503 g/mol. The first kappa shape index (κ1) is 25.4. The molecule has 1 fully saturated rings. The van der Waals surface area contributed by atoms with E-state index in [9.17, 15) is 22.4 Å². The van der Waals surface area contributed by atoms with Crippen molar-refractivity contribution in [2.24, 2.45) is 0 Å². The molecule has 2 N–H and O–H groups in total. The van der Waals surface area contributed by atoms with Crippen LogP contribution < -0.4 is 15.4 Å². The molecule has 0 bridgehead atoms. The lowest BCUT2D eigenvalue weighted by molar-refractivity contribution is -0.333. The lowest BCUT2D eigenvalue weighted by Gasteiger charge is -2.43. The minimum Gasteiger partial charge on any atom is -0.437 e. The van der Waals surface area contributed by atoms with E-state index in [-0.39, 0.29) is 47.5 Å². The summed E-state index contributed by atoms with van der Waals surface area (Å²) in [4.78, 5) is 16.9. The maximum atomic E-state index is 14.4.